The van der Waals surface area contributed by atoms with Crippen LogP contribution < -0.4 is 21.2 Å². The van der Waals surface area contributed by atoms with Crippen molar-refractivity contribution in [3.05, 3.63) is 486 Å². The first-order chi connectivity index (χ1) is 65.0. The second kappa shape index (κ2) is 35.9. The molecule has 24 rings (SSSR count). The van der Waals surface area contributed by atoms with E-state index in [1.807, 2.05) is 127 Å². The Balaban J connectivity index is 0.000000117. The molecule has 0 aliphatic carbocycles. The van der Waals surface area contributed by atoms with Gasteiger partial charge in [0.25, 0.3) is 0 Å². The molecule has 0 atom stereocenters. The van der Waals surface area contributed by atoms with Crippen LogP contribution >= 0.6 is 0 Å². The largest absolute Gasteiger partial charge is 1.20 e. The maximum absolute atomic E-state index is 6.41. The number of fused-ring (bicyclic) bond motifs is 8. The average Bonchev–Trinajstić information content (AvgIpc) is 1.61. The number of aromatic nitrogens is 9. The van der Waals surface area contributed by atoms with Crippen LogP contribution in [0, 0.1) is 0 Å². The summed E-state index contributed by atoms with van der Waals surface area (Å²) in [6.07, 6.45) is 5.24. The minimum absolute atomic E-state index is 0.608. The number of nitrogens with zero attached hydrogens (tertiary/aromatic N) is 11. The summed E-state index contributed by atoms with van der Waals surface area (Å²) in [4.78, 5) is 34.1. The number of para-hydroxylation sites is 14. The normalized spacial score (nSPS) is 11.2. The third-order valence-corrected chi connectivity index (χ3v) is 24.9. The van der Waals surface area contributed by atoms with E-state index in [0.29, 0.717) is 17.2 Å². The first-order valence-electron chi connectivity index (χ1n) is 43.6. The summed E-state index contributed by atoms with van der Waals surface area (Å²) >= 11 is -2.86. The van der Waals surface area contributed by atoms with E-state index in [1.54, 1.807) is 18.6 Å². The van der Waals surface area contributed by atoms with E-state index < -0.39 is 15.1 Å². The summed E-state index contributed by atoms with van der Waals surface area (Å²) in [5.41, 5.74) is 23.3. The van der Waals surface area contributed by atoms with Gasteiger partial charge in [-0.3, -0.25) is 28.7 Å². The van der Waals surface area contributed by atoms with Crippen molar-refractivity contribution in [2.75, 3.05) is 9.80 Å². The van der Waals surface area contributed by atoms with Crippen molar-refractivity contribution in [2.45, 2.75) is 0 Å². The van der Waals surface area contributed by atoms with Crippen LogP contribution in [0.1, 0.15) is 0 Å². The Hall–Kier alpha value is -17.3. The third-order valence-electron chi connectivity index (χ3n) is 23.5. The summed E-state index contributed by atoms with van der Waals surface area (Å²) in [6, 6.07) is 161. The zero-order valence-electron chi connectivity index (χ0n) is 70.9. The highest BCUT2D eigenvalue weighted by molar-refractivity contribution is 6.40. The molecule has 0 unspecified atom stereocenters. The van der Waals surface area contributed by atoms with Crippen molar-refractivity contribution in [3.63, 3.8) is 0 Å². The highest BCUT2D eigenvalue weighted by atomic mass is 27.3. The maximum Gasteiger partial charge on any atom is 1.20 e. The van der Waals surface area contributed by atoms with Crippen molar-refractivity contribution >= 4 is 137 Å². The van der Waals surface area contributed by atoms with Gasteiger partial charge in [0.15, 0.2) is 0 Å². The number of pyridine rings is 3. The molecule has 14 nitrogen and oxygen atoms in total. The maximum atomic E-state index is 6.41. The lowest BCUT2D eigenvalue weighted by Crippen LogP contribution is -2.37. The molecule has 0 aliphatic heterocycles. The number of imidazole rings is 3. The van der Waals surface area contributed by atoms with Gasteiger partial charge in [-0.15, -0.1) is 0 Å². The van der Waals surface area contributed by atoms with Gasteiger partial charge in [0.05, 0.1) is 44.5 Å². The van der Waals surface area contributed by atoms with Crippen molar-refractivity contribution in [3.8, 4) is 79.6 Å². The molecule has 0 saturated carbocycles. The fraction of sp³-hybridized carbons (Fsp3) is 0. The fourth-order valence-electron chi connectivity index (χ4n) is 17.5. The minimum atomic E-state index is -2.86. The number of rotatable bonds is 19. The molecular formula is C116H80AlN11O3. The molecule has 18 aromatic carbocycles. The molecule has 6 heterocycles. The molecule has 131 heavy (non-hydrogen) atoms. The van der Waals surface area contributed by atoms with Crippen LogP contribution in [0.4, 0.5) is 34.1 Å². The Morgan fingerprint density at radius 3 is 0.824 bits per heavy atom. The van der Waals surface area contributed by atoms with Gasteiger partial charge in [0, 0.05) is 102 Å². The molecule has 24 aromatic rings. The number of hydrogen-bond donors (Lipinski definition) is 0. The second-order valence-electron chi connectivity index (χ2n) is 31.7. The minimum Gasteiger partial charge on any atom is -0.576 e. The summed E-state index contributed by atoms with van der Waals surface area (Å²) in [5.74, 6) is 4.35. The molecule has 0 spiro atoms. The van der Waals surface area contributed by atoms with Crippen LogP contribution in [0.25, 0.3) is 150 Å². The van der Waals surface area contributed by atoms with E-state index >= 15 is 0 Å². The molecule has 0 bridgehead atoms. The Labute approximate surface area is 761 Å². The standard InChI is InChI=1S/C45H30N6.C44H32N2.3C9H7NO.Al/c1-4-16-34(17-5-1)49-40-25-13-10-22-37(40)46-43(49)31-28-32(44-47-38-23-11-14-26-41(38)50(44)35-18-6-2-7-19-35)30-33(29-31)45-48-39-24-12-15-27-42(39)51(45)36-20-8-3-9-21-36;1-3-17-37(18-4-1)45(43-23-11-15-35-13-7-9-21-41(35)43)39-29-25-33(26-30-39)34-27-31-40(32-28-34)46(38-19-5-2-6-20-38)44-24-12-16-36-14-8-10-22-42(36)44;3*11-8-5-1-3-7-4-2-6-10-9(7)8;/h1-30H;1-32H;3*1-6,11H;/q;;;;;+3/p-3. The number of hydrogen-bond acceptors (Lipinski definition) is 11. The number of benzene rings is 18. The SMILES string of the molecule is c1ccc(-n2c(-c3cc(-c4nc5ccccc5n4-c4ccccc4)cc(-c4nc5ccccc5n4-c4ccccc4)c3)nc3ccccc32)cc1.c1ccc(N(c2ccc(-c3ccc(N(c4ccccc4)c4cccc5ccccc45)cc3)cc2)c2cccc3ccccc23)cc1.c1cnc2c([O][Al]([O]c3cccc4cccnc34)[O]c3cccc4cccnc34)cccc2c1. The second-order valence-corrected chi connectivity index (χ2v) is 32.9. The van der Waals surface area contributed by atoms with E-state index in [4.69, 9.17) is 26.3 Å². The fourth-order valence-corrected chi connectivity index (χ4v) is 18.8. The lowest BCUT2D eigenvalue weighted by Gasteiger charge is -2.27. The van der Waals surface area contributed by atoms with Gasteiger partial charge in [-0.1, -0.05) is 279 Å². The van der Waals surface area contributed by atoms with Crippen LogP contribution in [0.3, 0.4) is 0 Å². The van der Waals surface area contributed by atoms with Gasteiger partial charge in [-0.2, -0.15) is 0 Å². The molecule has 0 N–H and O–H groups in total. The number of anilines is 6. The van der Waals surface area contributed by atoms with Gasteiger partial charge < -0.3 is 21.2 Å². The molecule has 0 amide bonds. The predicted molar refractivity (Wildman–Crippen MR) is 536 cm³/mol. The zero-order chi connectivity index (χ0) is 87.2. The van der Waals surface area contributed by atoms with E-state index in [2.05, 4.69) is 378 Å². The third kappa shape index (κ3) is 16.1. The molecule has 620 valence electrons. The summed E-state index contributed by atoms with van der Waals surface area (Å²) in [7, 11) is 0. The van der Waals surface area contributed by atoms with Gasteiger partial charge in [0.1, 0.15) is 51.3 Å². The zero-order valence-corrected chi connectivity index (χ0v) is 72.1. The quantitative estimate of drug-likeness (QED) is 0.0718. The molecule has 0 aliphatic rings. The van der Waals surface area contributed by atoms with Gasteiger partial charge >= 0.3 is 15.1 Å². The Morgan fingerprint density at radius 2 is 0.481 bits per heavy atom. The Bertz CT molecular complexity index is 7520. The summed E-state index contributed by atoms with van der Waals surface area (Å²) < 4.78 is 26.0. The molecule has 0 saturated heterocycles. The Morgan fingerprint density at radius 1 is 0.214 bits per heavy atom. The highest BCUT2D eigenvalue weighted by Crippen LogP contribution is 2.45. The molecule has 15 heteroatoms. The topological polar surface area (TPSA) is 126 Å². The first-order valence-corrected chi connectivity index (χ1v) is 45.0. The highest BCUT2D eigenvalue weighted by Gasteiger charge is 2.46. The van der Waals surface area contributed by atoms with Crippen LogP contribution in [0.2, 0.25) is 0 Å². The average molecular weight is 1700 g/mol. The Kier molecular flexibility index (Phi) is 21.8. The van der Waals surface area contributed by atoms with Crippen LogP contribution in [-0.4, -0.2) is 58.8 Å². The molecular weight excluding hydrogens is 1620 g/mol. The molecule has 6 aromatic heterocycles. The van der Waals surface area contributed by atoms with Crippen LogP contribution in [0.15, 0.2) is 486 Å². The van der Waals surface area contributed by atoms with E-state index in [0.717, 1.165) is 151 Å². The van der Waals surface area contributed by atoms with Crippen LogP contribution in [0.5, 0.6) is 17.2 Å². The van der Waals surface area contributed by atoms with Gasteiger partial charge in [-0.05, 0) is 210 Å². The van der Waals surface area contributed by atoms with Crippen molar-refractivity contribution < 1.29 is 11.4 Å². The predicted octanol–water partition coefficient (Wildman–Crippen LogP) is 29.2. The molecule has 0 fully saturated rings. The lowest BCUT2D eigenvalue weighted by molar-refractivity contribution is 0.311. The van der Waals surface area contributed by atoms with Crippen molar-refractivity contribution in [2.24, 2.45) is 0 Å². The first kappa shape index (κ1) is 79.5. The van der Waals surface area contributed by atoms with Gasteiger partial charge in [0.2, 0.25) is 0 Å². The summed E-state index contributed by atoms with van der Waals surface area (Å²) in [6.45, 7) is 0. The van der Waals surface area contributed by atoms with E-state index in [-0.39, 0.29) is 0 Å². The van der Waals surface area contributed by atoms with Crippen molar-refractivity contribution in [1.29, 1.82) is 0 Å². The van der Waals surface area contributed by atoms with Gasteiger partial charge in [-0.25, -0.2) is 15.0 Å². The lowest BCUT2D eigenvalue weighted by atomic mass is 10.0. The monoisotopic (exact) mass is 1700 g/mol. The van der Waals surface area contributed by atoms with E-state index in [1.165, 1.54) is 32.7 Å². The van der Waals surface area contributed by atoms with Crippen molar-refractivity contribution in [1.82, 2.24) is 43.6 Å². The van der Waals surface area contributed by atoms with Crippen LogP contribution in [-0.2, 0) is 0 Å². The smallest absolute Gasteiger partial charge is 0.576 e. The molecule has 0 radical (unpaired) electrons. The van der Waals surface area contributed by atoms with E-state index in [9.17, 15) is 0 Å². The summed E-state index contributed by atoms with van der Waals surface area (Å²) in [5, 5.41) is 7.84.